The molecule has 0 fully saturated rings. The smallest absolute Gasteiger partial charge is 0.118 e. The molecule has 0 spiro atoms. The molecule has 0 aromatic heterocycles. The number of aliphatic hydroxyl groups is 1. The van der Waals surface area contributed by atoms with E-state index < -0.39 is 0 Å². The van der Waals surface area contributed by atoms with Crippen LogP contribution >= 0.6 is 0 Å². The van der Waals surface area contributed by atoms with E-state index in [1.807, 2.05) is 42.5 Å². The molecule has 2 rings (SSSR count). The van der Waals surface area contributed by atoms with E-state index in [2.05, 4.69) is 17.4 Å². The quantitative estimate of drug-likeness (QED) is 0.813. The van der Waals surface area contributed by atoms with E-state index in [1.54, 1.807) is 7.11 Å². The van der Waals surface area contributed by atoms with Crippen LogP contribution in [0.4, 0.5) is 0 Å². The molecule has 3 heteroatoms. The molecule has 0 aliphatic heterocycles. The molecule has 2 aromatic rings. The van der Waals surface area contributed by atoms with Crippen molar-refractivity contribution < 1.29 is 9.84 Å². The highest BCUT2D eigenvalue weighted by Gasteiger charge is 2.10. The van der Waals surface area contributed by atoms with E-state index in [9.17, 15) is 5.11 Å². The number of ether oxygens (including phenoxy) is 1. The summed E-state index contributed by atoms with van der Waals surface area (Å²) in [4.78, 5) is 0. The fourth-order valence-corrected chi connectivity index (χ4v) is 2.19. The second kappa shape index (κ2) is 7.68. The molecule has 0 bridgehead atoms. The molecule has 1 atom stereocenters. The second-order valence-electron chi connectivity index (χ2n) is 4.70. The fraction of sp³-hybridized carbons (Fsp3) is 0.294. The Labute approximate surface area is 120 Å². The Hall–Kier alpha value is -1.84. The Morgan fingerprint density at radius 1 is 1.05 bits per heavy atom. The van der Waals surface area contributed by atoms with Crippen LogP contribution in [-0.2, 0) is 6.54 Å². The van der Waals surface area contributed by atoms with Crippen molar-refractivity contribution >= 4 is 0 Å². The van der Waals surface area contributed by atoms with Gasteiger partial charge in [-0.15, -0.1) is 0 Å². The molecular formula is C17H21NO2. The first-order valence-electron chi connectivity index (χ1n) is 6.85. The second-order valence-corrected chi connectivity index (χ2v) is 4.70. The number of hydrogen-bond acceptors (Lipinski definition) is 3. The average molecular weight is 271 g/mol. The van der Waals surface area contributed by atoms with Gasteiger partial charge in [0.15, 0.2) is 0 Å². The SMILES string of the molecule is COc1ccc(C(CCO)NCc2ccccc2)cc1. The molecule has 2 N–H and O–H groups in total. The summed E-state index contributed by atoms with van der Waals surface area (Å²) in [5.41, 5.74) is 2.40. The summed E-state index contributed by atoms with van der Waals surface area (Å²) >= 11 is 0. The van der Waals surface area contributed by atoms with Crippen molar-refractivity contribution in [2.24, 2.45) is 0 Å². The zero-order valence-corrected chi connectivity index (χ0v) is 11.8. The zero-order valence-electron chi connectivity index (χ0n) is 11.8. The Balaban J connectivity index is 2.02. The molecule has 0 radical (unpaired) electrons. The maximum atomic E-state index is 9.23. The molecule has 0 amide bonds. The van der Waals surface area contributed by atoms with Crippen LogP contribution in [0.15, 0.2) is 54.6 Å². The third-order valence-corrected chi connectivity index (χ3v) is 3.33. The number of hydrogen-bond donors (Lipinski definition) is 2. The predicted molar refractivity (Wildman–Crippen MR) is 80.7 cm³/mol. The van der Waals surface area contributed by atoms with Gasteiger partial charge < -0.3 is 15.2 Å². The van der Waals surface area contributed by atoms with Crippen LogP contribution in [0.3, 0.4) is 0 Å². The largest absolute Gasteiger partial charge is 0.497 e. The highest BCUT2D eigenvalue weighted by Crippen LogP contribution is 2.20. The lowest BCUT2D eigenvalue weighted by Crippen LogP contribution is -2.22. The summed E-state index contributed by atoms with van der Waals surface area (Å²) in [6, 6.07) is 18.4. The van der Waals surface area contributed by atoms with E-state index in [0.29, 0.717) is 6.42 Å². The van der Waals surface area contributed by atoms with Crippen molar-refractivity contribution in [1.82, 2.24) is 5.32 Å². The van der Waals surface area contributed by atoms with Crippen LogP contribution < -0.4 is 10.1 Å². The normalized spacial score (nSPS) is 12.1. The van der Waals surface area contributed by atoms with E-state index in [-0.39, 0.29) is 12.6 Å². The molecule has 2 aromatic carbocycles. The van der Waals surface area contributed by atoms with Crippen molar-refractivity contribution in [1.29, 1.82) is 0 Å². The van der Waals surface area contributed by atoms with Gasteiger partial charge in [0.25, 0.3) is 0 Å². The standard InChI is InChI=1S/C17H21NO2/c1-20-16-9-7-15(8-10-16)17(11-12-19)18-13-14-5-3-2-4-6-14/h2-10,17-19H,11-13H2,1H3. The molecule has 0 saturated carbocycles. The van der Waals surface area contributed by atoms with Gasteiger partial charge in [0.05, 0.1) is 7.11 Å². The van der Waals surface area contributed by atoms with Gasteiger partial charge in [-0.05, 0) is 29.7 Å². The van der Waals surface area contributed by atoms with Gasteiger partial charge in [-0.2, -0.15) is 0 Å². The summed E-state index contributed by atoms with van der Waals surface area (Å²) < 4.78 is 5.17. The van der Waals surface area contributed by atoms with E-state index in [4.69, 9.17) is 4.74 Å². The third kappa shape index (κ3) is 4.08. The lowest BCUT2D eigenvalue weighted by atomic mass is 10.0. The van der Waals surface area contributed by atoms with Crippen molar-refractivity contribution in [2.75, 3.05) is 13.7 Å². The predicted octanol–water partition coefficient (Wildman–Crippen LogP) is 2.91. The van der Waals surface area contributed by atoms with Crippen molar-refractivity contribution in [3.05, 3.63) is 65.7 Å². The minimum absolute atomic E-state index is 0.145. The summed E-state index contributed by atoms with van der Waals surface area (Å²) in [6.45, 7) is 0.954. The molecule has 0 saturated heterocycles. The molecule has 3 nitrogen and oxygen atoms in total. The number of methoxy groups -OCH3 is 1. The van der Waals surface area contributed by atoms with E-state index >= 15 is 0 Å². The highest BCUT2D eigenvalue weighted by atomic mass is 16.5. The van der Waals surface area contributed by atoms with Gasteiger partial charge in [-0.25, -0.2) is 0 Å². The number of aliphatic hydroxyl groups excluding tert-OH is 1. The Morgan fingerprint density at radius 3 is 2.35 bits per heavy atom. The van der Waals surface area contributed by atoms with Crippen molar-refractivity contribution in [2.45, 2.75) is 19.0 Å². The number of rotatable bonds is 7. The lowest BCUT2D eigenvalue weighted by Gasteiger charge is -2.18. The minimum Gasteiger partial charge on any atom is -0.497 e. The Bertz CT molecular complexity index is 496. The van der Waals surface area contributed by atoms with Crippen LogP contribution in [0.1, 0.15) is 23.6 Å². The van der Waals surface area contributed by atoms with Crippen LogP contribution in [0, 0.1) is 0 Å². The van der Waals surface area contributed by atoms with Gasteiger partial charge in [-0.1, -0.05) is 42.5 Å². The maximum absolute atomic E-state index is 9.23. The molecular weight excluding hydrogens is 250 g/mol. The molecule has 0 aliphatic carbocycles. The molecule has 0 aliphatic rings. The van der Waals surface area contributed by atoms with Crippen LogP contribution in [0.5, 0.6) is 5.75 Å². The summed E-state index contributed by atoms with van der Waals surface area (Å²) in [5.74, 6) is 0.847. The van der Waals surface area contributed by atoms with Gasteiger partial charge in [0.2, 0.25) is 0 Å². The van der Waals surface area contributed by atoms with E-state index in [0.717, 1.165) is 17.9 Å². The third-order valence-electron chi connectivity index (χ3n) is 3.33. The summed E-state index contributed by atoms with van der Waals surface area (Å²) in [5, 5.41) is 12.7. The van der Waals surface area contributed by atoms with Crippen LogP contribution in [0.2, 0.25) is 0 Å². The Morgan fingerprint density at radius 2 is 1.75 bits per heavy atom. The van der Waals surface area contributed by atoms with Crippen LogP contribution in [0.25, 0.3) is 0 Å². The van der Waals surface area contributed by atoms with Gasteiger partial charge >= 0.3 is 0 Å². The van der Waals surface area contributed by atoms with Crippen molar-refractivity contribution in [3.8, 4) is 5.75 Å². The topological polar surface area (TPSA) is 41.5 Å². The Kier molecular flexibility index (Phi) is 5.59. The molecule has 20 heavy (non-hydrogen) atoms. The first kappa shape index (κ1) is 14.6. The first-order chi connectivity index (χ1) is 9.83. The zero-order chi connectivity index (χ0) is 14.2. The van der Waals surface area contributed by atoms with Gasteiger partial charge in [0, 0.05) is 19.2 Å². The number of nitrogens with one attached hydrogen (secondary N) is 1. The molecule has 106 valence electrons. The molecule has 1 unspecified atom stereocenters. The molecule has 0 heterocycles. The first-order valence-corrected chi connectivity index (χ1v) is 6.85. The van der Waals surface area contributed by atoms with E-state index in [1.165, 1.54) is 5.56 Å². The monoisotopic (exact) mass is 271 g/mol. The fourth-order valence-electron chi connectivity index (χ4n) is 2.19. The summed E-state index contributed by atoms with van der Waals surface area (Å²) in [6.07, 6.45) is 0.694. The highest BCUT2D eigenvalue weighted by molar-refractivity contribution is 5.29. The average Bonchev–Trinajstić information content (AvgIpc) is 2.52. The van der Waals surface area contributed by atoms with Crippen molar-refractivity contribution in [3.63, 3.8) is 0 Å². The minimum atomic E-state index is 0.145. The van der Waals surface area contributed by atoms with Gasteiger partial charge in [0.1, 0.15) is 5.75 Å². The maximum Gasteiger partial charge on any atom is 0.118 e. The van der Waals surface area contributed by atoms with Gasteiger partial charge in [-0.3, -0.25) is 0 Å². The lowest BCUT2D eigenvalue weighted by molar-refractivity contribution is 0.265. The number of benzene rings is 2. The summed E-state index contributed by atoms with van der Waals surface area (Å²) in [7, 11) is 1.66. The van der Waals surface area contributed by atoms with Crippen LogP contribution in [-0.4, -0.2) is 18.8 Å².